The molecule has 0 rings (SSSR count). The van der Waals surface area contributed by atoms with Crippen LogP contribution in [0.15, 0.2) is 48.6 Å². The summed E-state index contributed by atoms with van der Waals surface area (Å²) < 4.78 is 5.42. The minimum absolute atomic E-state index is 0.0337. The number of unbranched alkanes of at least 4 members (excludes halogenated alkanes) is 32. The number of nitrogens with one attached hydrogen (secondary N) is 1. The van der Waals surface area contributed by atoms with E-state index in [-0.39, 0.29) is 18.5 Å². The molecule has 0 aliphatic rings. The summed E-state index contributed by atoms with van der Waals surface area (Å²) in [5.41, 5.74) is 0. The summed E-state index contributed by atoms with van der Waals surface area (Å²) in [6, 6.07) is -0.645. The summed E-state index contributed by atoms with van der Waals surface area (Å²) in [5.74, 6) is -0.125. The van der Waals surface area contributed by atoms with Crippen molar-refractivity contribution in [1.82, 2.24) is 5.32 Å². The van der Waals surface area contributed by atoms with Crippen LogP contribution in [0.5, 0.6) is 0 Å². The lowest BCUT2D eigenvalue weighted by Crippen LogP contribution is -2.45. The first-order valence-corrected chi connectivity index (χ1v) is 26.4. The minimum atomic E-state index is -0.860. The summed E-state index contributed by atoms with van der Waals surface area (Å²) in [7, 11) is 0. The van der Waals surface area contributed by atoms with Crippen molar-refractivity contribution in [2.45, 2.75) is 276 Å². The maximum absolute atomic E-state index is 12.4. The lowest BCUT2D eigenvalue weighted by atomic mass is 10.0. The van der Waals surface area contributed by atoms with E-state index in [4.69, 9.17) is 4.74 Å². The zero-order chi connectivity index (χ0) is 44.4. The van der Waals surface area contributed by atoms with E-state index in [0.29, 0.717) is 19.4 Å². The summed E-state index contributed by atoms with van der Waals surface area (Å²) in [4.78, 5) is 24.4. The van der Waals surface area contributed by atoms with Gasteiger partial charge < -0.3 is 20.3 Å². The van der Waals surface area contributed by atoms with Gasteiger partial charge in [0.15, 0.2) is 0 Å². The first-order chi connectivity index (χ1) is 30.0. The standard InChI is InChI=1S/C55H101NO5/c1-3-5-7-9-11-13-15-17-18-19-21-24-27-31-35-39-43-47-53(58)52(51-57)56-54(59)48-44-40-36-32-28-25-22-20-23-26-30-34-38-42-46-50-61-55(60)49-45-41-37-33-29-16-14-12-10-8-6-4-2/h12,14,20,23,26,30,43,47,52-53,57-58H,3-11,13,15-19,21-22,24-25,27-29,31-42,44-46,48-51H2,1-2H3,(H,56,59)/b14-12-,23-20-,30-26-,47-43+. The molecule has 6 nitrogen and oxygen atoms in total. The Bertz CT molecular complexity index is 1040. The molecule has 0 aromatic rings. The zero-order valence-electron chi connectivity index (χ0n) is 40.4. The SMILES string of the molecule is CCCCC/C=C\CCCCCCCC(=O)OCCCCC/C=C\C=C/CCCCCCCCC(=O)NC(CO)C(O)/C=C/CCCCCCCCCCCCCCCCC. The largest absolute Gasteiger partial charge is 0.466 e. The van der Waals surface area contributed by atoms with Crippen LogP contribution in [-0.4, -0.2) is 47.4 Å². The molecule has 0 aromatic heterocycles. The molecule has 0 aliphatic carbocycles. The Balaban J connectivity index is 3.58. The van der Waals surface area contributed by atoms with Crippen molar-refractivity contribution in [2.24, 2.45) is 0 Å². The molecule has 0 bridgehead atoms. The number of carbonyl (C=O) groups excluding carboxylic acids is 2. The van der Waals surface area contributed by atoms with Gasteiger partial charge >= 0.3 is 5.97 Å². The summed E-state index contributed by atoms with van der Waals surface area (Å²) >= 11 is 0. The van der Waals surface area contributed by atoms with Gasteiger partial charge in [-0.25, -0.2) is 0 Å². The fourth-order valence-electron chi connectivity index (χ4n) is 7.73. The average molecular weight is 856 g/mol. The van der Waals surface area contributed by atoms with E-state index in [1.807, 2.05) is 6.08 Å². The van der Waals surface area contributed by atoms with Crippen molar-refractivity contribution in [2.75, 3.05) is 13.2 Å². The number of esters is 1. The second kappa shape index (κ2) is 50.5. The summed E-state index contributed by atoms with van der Waals surface area (Å²) in [6.45, 7) is 4.81. The Morgan fingerprint density at radius 1 is 0.459 bits per heavy atom. The molecule has 0 aliphatic heterocycles. The highest BCUT2D eigenvalue weighted by atomic mass is 16.5. The molecule has 0 radical (unpaired) electrons. The van der Waals surface area contributed by atoms with E-state index in [1.165, 1.54) is 161 Å². The molecule has 356 valence electrons. The molecule has 2 atom stereocenters. The van der Waals surface area contributed by atoms with Crippen LogP contribution in [0.1, 0.15) is 264 Å². The van der Waals surface area contributed by atoms with Gasteiger partial charge in [0.05, 0.1) is 25.4 Å². The normalized spacial score (nSPS) is 13.0. The predicted molar refractivity (Wildman–Crippen MR) is 264 cm³/mol. The molecule has 61 heavy (non-hydrogen) atoms. The highest BCUT2D eigenvalue weighted by Gasteiger charge is 2.18. The topological polar surface area (TPSA) is 95.9 Å². The number of hydrogen-bond donors (Lipinski definition) is 3. The van der Waals surface area contributed by atoms with Crippen LogP contribution in [0.4, 0.5) is 0 Å². The molecule has 0 aromatic carbocycles. The maximum atomic E-state index is 12.4. The Kier molecular flexibility index (Phi) is 48.7. The smallest absolute Gasteiger partial charge is 0.305 e. The van der Waals surface area contributed by atoms with Crippen molar-refractivity contribution in [3.63, 3.8) is 0 Å². The number of hydrogen-bond acceptors (Lipinski definition) is 5. The third-order valence-corrected chi connectivity index (χ3v) is 11.8. The highest BCUT2D eigenvalue weighted by Crippen LogP contribution is 2.15. The third-order valence-electron chi connectivity index (χ3n) is 11.8. The molecule has 1 amide bonds. The number of aliphatic hydroxyl groups is 2. The van der Waals surface area contributed by atoms with Gasteiger partial charge in [-0.05, 0) is 89.9 Å². The Labute approximate surface area is 378 Å². The lowest BCUT2D eigenvalue weighted by molar-refractivity contribution is -0.143. The molecule has 0 spiro atoms. The number of aliphatic hydroxyl groups excluding tert-OH is 2. The average Bonchev–Trinajstić information content (AvgIpc) is 3.26. The van der Waals surface area contributed by atoms with E-state index >= 15 is 0 Å². The molecule has 0 heterocycles. The molecule has 0 fully saturated rings. The molecule has 0 saturated heterocycles. The molecule has 6 heteroatoms. The van der Waals surface area contributed by atoms with Gasteiger partial charge in [-0.1, -0.05) is 210 Å². The number of rotatable bonds is 48. The summed E-state index contributed by atoms with van der Waals surface area (Å²) in [5, 5.41) is 23.1. The second-order valence-corrected chi connectivity index (χ2v) is 17.9. The van der Waals surface area contributed by atoms with Crippen molar-refractivity contribution in [3.05, 3.63) is 48.6 Å². The van der Waals surface area contributed by atoms with E-state index in [0.717, 1.165) is 77.0 Å². The van der Waals surface area contributed by atoms with E-state index in [9.17, 15) is 19.8 Å². The van der Waals surface area contributed by atoms with Crippen LogP contribution in [-0.2, 0) is 14.3 Å². The Hall–Kier alpha value is -2.18. The second-order valence-electron chi connectivity index (χ2n) is 17.9. The van der Waals surface area contributed by atoms with Gasteiger partial charge in [-0.15, -0.1) is 0 Å². The molecule has 3 N–H and O–H groups in total. The van der Waals surface area contributed by atoms with Gasteiger partial charge in [-0.2, -0.15) is 0 Å². The number of carbonyl (C=O) groups is 2. The van der Waals surface area contributed by atoms with Crippen LogP contribution in [0, 0.1) is 0 Å². The van der Waals surface area contributed by atoms with Crippen LogP contribution in [0.2, 0.25) is 0 Å². The van der Waals surface area contributed by atoms with Crippen molar-refractivity contribution in [3.8, 4) is 0 Å². The van der Waals surface area contributed by atoms with Crippen LogP contribution >= 0.6 is 0 Å². The fraction of sp³-hybridized carbons (Fsp3) is 0.818. The van der Waals surface area contributed by atoms with Gasteiger partial charge in [0, 0.05) is 12.8 Å². The van der Waals surface area contributed by atoms with Crippen LogP contribution in [0.3, 0.4) is 0 Å². The monoisotopic (exact) mass is 856 g/mol. The molecular weight excluding hydrogens is 755 g/mol. The van der Waals surface area contributed by atoms with E-state index < -0.39 is 12.1 Å². The Morgan fingerprint density at radius 3 is 1.30 bits per heavy atom. The van der Waals surface area contributed by atoms with E-state index in [2.05, 4.69) is 55.6 Å². The first-order valence-electron chi connectivity index (χ1n) is 26.4. The number of ether oxygens (including phenoxy) is 1. The predicted octanol–water partition coefficient (Wildman–Crippen LogP) is 15.8. The number of allylic oxidation sites excluding steroid dienone is 7. The Morgan fingerprint density at radius 2 is 0.820 bits per heavy atom. The quantitative estimate of drug-likeness (QED) is 0.0245. The highest BCUT2D eigenvalue weighted by molar-refractivity contribution is 5.76. The van der Waals surface area contributed by atoms with Crippen LogP contribution in [0.25, 0.3) is 0 Å². The summed E-state index contributed by atoms with van der Waals surface area (Å²) in [6.07, 6.45) is 62.6. The third kappa shape index (κ3) is 47.1. The van der Waals surface area contributed by atoms with E-state index in [1.54, 1.807) is 6.08 Å². The van der Waals surface area contributed by atoms with Gasteiger partial charge in [0.2, 0.25) is 5.91 Å². The lowest BCUT2D eigenvalue weighted by Gasteiger charge is -2.20. The molecular formula is C55H101NO5. The molecule has 0 saturated carbocycles. The van der Waals surface area contributed by atoms with Crippen LogP contribution < -0.4 is 5.32 Å². The van der Waals surface area contributed by atoms with Gasteiger partial charge in [-0.3, -0.25) is 9.59 Å². The molecule has 2 unspecified atom stereocenters. The zero-order valence-corrected chi connectivity index (χ0v) is 40.4. The first kappa shape index (κ1) is 58.8. The fourth-order valence-corrected chi connectivity index (χ4v) is 7.73. The van der Waals surface area contributed by atoms with Gasteiger partial charge in [0.25, 0.3) is 0 Å². The van der Waals surface area contributed by atoms with Crippen molar-refractivity contribution < 1.29 is 24.5 Å². The maximum Gasteiger partial charge on any atom is 0.305 e. The number of amides is 1. The minimum Gasteiger partial charge on any atom is -0.466 e. The van der Waals surface area contributed by atoms with Crippen molar-refractivity contribution >= 4 is 11.9 Å². The van der Waals surface area contributed by atoms with Crippen molar-refractivity contribution in [1.29, 1.82) is 0 Å². The van der Waals surface area contributed by atoms with Gasteiger partial charge in [0.1, 0.15) is 0 Å².